The smallest absolute Gasteiger partial charge is 0.253 e. The van der Waals surface area contributed by atoms with Crippen molar-refractivity contribution in [3.8, 4) is 11.3 Å². The normalized spacial score (nSPS) is 14.6. The Morgan fingerprint density at radius 3 is 2.59 bits per heavy atom. The predicted molar refractivity (Wildman–Crippen MR) is 124 cm³/mol. The lowest BCUT2D eigenvalue weighted by atomic mass is 10.1. The topological polar surface area (TPSA) is 90.0 Å². The lowest BCUT2D eigenvalue weighted by Crippen LogP contribution is -2.47. The Bertz CT molecular complexity index is 1190. The Balaban J connectivity index is 1.26. The fourth-order valence-corrected chi connectivity index (χ4v) is 3.85. The first kappa shape index (κ1) is 20.1. The van der Waals surface area contributed by atoms with Gasteiger partial charge in [0, 0.05) is 43.4 Å². The summed E-state index contributed by atoms with van der Waals surface area (Å²) >= 11 is 0. The maximum Gasteiger partial charge on any atom is 0.253 e. The number of hydrogen-bond donors (Lipinski definition) is 2. The first-order valence-corrected chi connectivity index (χ1v) is 10.7. The average molecular weight is 428 g/mol. The number of aromatic nitrogens is 4. The number of aromatic amines is 1. The molecule has 1 fully saturated rings. The van der Waals surface area contributed by atoms with Crippen LogP contribution in [0.1, 0.15) is 16.2 Å². The monoisotopic (exact) mass is 427 g/mol. The number of piperazine rings is 1. The fourth-order valence-electron chi connectivity index (χ4n) is 3.85. The summed E-state index contributed by atoms with van der Waals surface area (Å²) in [5.41, 5.74) is 4.40. The van der Waals surface area contributed by atoms with Gasteiger partial charge in [-0.15, -0.1) is 0 Å². The second-order valence-corrected chi connectivity index (χ2v) is 8.02. The predicted octanol–water partition coefficient (Wildman–Crippen LogP) is 3.02. The van der Waals surface area contributed by atoms with E-state index in [0.29, 0.717) is 17.9 Å². The van der Waals surface area contributed by atoms with E-state index in [1.807, 2.05) is 59.5 Å². The molecular weight excluding hydrogens is 402 g/mol. The molecule has 0 saturated carbocycles. The Hall–Kier alpha value is -3.78. The molecule has 8 heteroatoms. The van der Waals surface area contributed by atoms with Crippen molar-refractivity contribution >= 4 is 22.8 Å². The summed E-state index contributed by atoms with van der Waals surface area (Å²) in [7, 11) is 2.08. The van der Waals surface area contributed by atoms with Crippen LogP contribution in [0.25, 0.3) is 22.3 Å². The van der Waals surface area contributed by atoms with Gasteiger partial charge in [0.25, 0.3) is 5.91 Å². The van der Waals surface area contributed by atoms with E-state index in [0.717, 1.165) is 54.3 Å². The van der Waals surface area contributed by atoms with Crippen molar-refractivity contribution in [3.05, 3.63) is 72.3 Å². The van der Waals surface area contributed by atoms with Crippen LogP contribution in [0.3, 0.4) is 0 Å². The van der Waals surface area contributed by atoms with Gasteiger partial charge in [0.2, 0.25) is 0 Å². The van der Waals surface area contributed by atoms with Crippen LogP contribution < -0.4 is 5.32 Å². The van der Waals surface area contributed by atoms with Gasteiger partial charge in [0.15, 0.2) is 0 Å². The second kappa shape index (κ2) is 8.76. The molecule has 1 aliphatic heterocycles. The van der Waals surface area contributed by atoms with Crippen LogP contribution in [-0.4, -0.2) is 68.9 Å². The van der Waals surface area contributed by atoms with Crippen LogP contribution in [0.15, 0.2) is 60.9 Å². The van der Waals surface area contributed by atoms with Crippen molar-refractivity contribution in [2.24, 2.45) is 0 Å². The number of carbonyl (C=O) groups is 1. The molecule has 32 heavy (non-hydrogen) atoms. The maximum atomic E-state index is 12.8. The molecule has 1 saturated heterocycles. The van der Waals surface area contributed by atoms with E-state index >= 15 is 0 Å². The SMILES string of the molecule is CN1CCN(C(=O)c2ccc(-c3cc(NCc4nc5ccccc5[nH]4)ncn3)cc2)CC1. The number of benzene rings is 2. The third kappa shape index (κ3) is 4.31. The summed E-state index contributed by atoms with van der Waals surface area (Å²) in [5, 5.41) is 3.30. The number of likely N-dealkylation sites (N-methyl/N-ethyl adjacent to an activating group) is 1. The van der Waals surface area contributed by atoms with Crippen molar-refractivity contribution in [3.63, 3.8) is 0 Å². The van der Waals surface area contributed by atoms with Gasteiger partial charge in [0.1, 0.15) is 18.0 Å². The molecule has 162 valence electrons. The average Bonchev–Trinajstić information content (AvgIpc) is 3.26. The first-order chi connectivity index (χ1) is 15.7. The van der Waals surface area contributed by atoms with Gasteiger partial charge in [-0.2, -0.15) is 0 Å². The van der Waals surface area contributed by atoms with Gasteiger partial charge in [-0.3, -0.25) is 4.79 Å². The zero-order valence-corrected chi connectivity index (χ0v) is 18.0. The lowest BCUT2D eigenvalue weighted by Gasteiger charge is -2.32. The van der Waals surface area contributed by atoms with Crippen LogP contribution in [0, 0.1) is 0 Å². The van der Waals surface area contributed by atoms with E-state index in [1.54, 1.807) is 6.33 Å². The second-order valence-electron chi connectivity index (χ2n) is 8.02. The molecule has 0 unspecified atom stereocenters. The minimum Gasteiger partial charge on any atom is -0.363 e. The third-order valence-corrected chi connectivity index (χ3v) is 5.76. The van der Waals surface area contributed by atoms with Crippen LogP contribution in [0.2, 0.25) is 0 Å². The summed E-state index contributed by atoms with van der Waals surface area (Å²) in [4.78, 5) is 33.5. The molecule has 4 aromatic rings. The Morgan fingerprint density at radius 2 is 1.81 bits per heavy atom. The molecular formula is C24H25N7O. The summed E-state index contributed by atoms with van der Waals surface area (Å²) < 4.78 is 0. The highest BCUT2D eigenvalue weighted by Crippen LogP contribution is 2.21. The summed E-state index contributed by atoms with van der Waals surface area (Å²) in [5.74, 6) is 1.65. The first-order valence-electron chi connectivity index (χ1n) is 10.7. The molecule has 2 N–H and O–H groups in total. The lowest BCUT2D eigenvalue weighted by molar-refractivity contribution is 0.0664. The number of nitrogens with one attached hydrogen (secondary N) is 2. The zero-order valence-electron chi connectivity index (χ0n) is 18.0. The summed E-state index contributed by atoms with van der Waals surface area (Å²) in [6, 6.07) is 17.5. The number of H-pyrrole nitrogens is 1. The van der Waals surface area contributed by atoms with Gasteiger partial charge < -0.3 is 20.1 Å². The molecule has 1 amide bonds. The van der Waals surface area contributed by atoms with Crippen LogP contribution in [0.5, 0.6) is 0 Å². The maximum absolute atomic E-state index is 12.8. The van der Waals surface area contributed by atoms with Gasteiger partial charge in [0.05, 0.1) is 23.3 Å². The quantitative estimate of drug-likeness (QED) is 0.509. The number of amides is 1. The highest BCUT2D eigenvalue weighted by Gasteiger charge is 2.20. The molecule has 2 aromatic heterocycles. The number of carbonyl (C=O) groups excluding carboxylic acids is 1. The van der Waals surface area contributed by atoms with E-state index in [1.165, 1.54) is 0 Å². The number of fused-ring (bicyclic) bond motifs is 1. The number of anilines is 1. The highest BCUT2D eigenvalue weighted by molar-refractivity contribution is 5.94. The van der Waals surface area contributed by atoms with Crippen molar-refractivity contribution in [2.45, 2.75) is 6.54 Å². The van der Waals surface area contributed by atoms with E-state index < -0.39 is 0 Å². The van der Waals surface area contributed by atoms with Crippen LogP contribution in [-0.2, 0) is 6.54 Å². The van der Waals surface area contributed by atoms with Crippen molar-refractivity contribution in [1.29, 1.82) is 0 Å². The van der Waals surface area contributed by atoms with Crippen LogP contribution >= 0.6 is 0 Å². The van der Waals surface area contributed by atoms with Gasteiger partial charge in [-0.25, -0.2) is 15.0 Å². The molecule has 0 aliphatic carbocycles. The molecule has 1 aliphatic rings. The minimum atomic E-state index is 0.0838. The van der Waals surface area contributed by atoms with Crippen molar-refractivity contribution in [2.75, 3.05) is 38.5 Å². The Kier molecular flexibility index (Phi) is 5.51. The minimum absolute atomic E-state index is 0.0838. The van der Waals surface area contributed by atoms with E-state index in [-0.39, 0.29) is 5.91 Å². The molecule has 3 heterocycles. The molecule has 5 rings (SSSR count). The fraction of sp³-hybridized carbons (Fsp3) is 0.250. The summed E-state index contributed by atoms with van der Waals surface area (Å²) in [6.45, 7) is 3.89. The van der Waals surface area contributed by atoms with Gasteiger partial charge in [-0.05, 0) is 31.3 Å². The number of rotatable bonds is 5. The zero-order chi connectivity index (χ0) is 21.9. The molecule has 0 bridgehead atoms. The Labute approximate surface area is 186 Å². The van der Waals surface area contributed by atoms with E-state index in [2.05, 4.69) is 37.2 Å². The third-order valence-electron chi connectivity index (χ3n) is 5.76. The van der Waals surface area contributed by atoms with E-state index in [4.69, 9.17) is 0 Å². The molecule has 0 radical (unpaired) electrons. The number of nitrogens with zero attached hydrogens (tertiary/aromatic N) is 5. The standard InChI is InChI=1S/C24H25N7O/c1-30-10-12-31(13-11-30)24(32)18-8-6-17(7-9-18)21-14-22(27-16-26-21)25-15-23-28-19-4-2-3-5-20(19)29-23/h2-9,14,16H,10-13,15H2,1H3,(H,28,29)(H,25,26,27). The van der Waals surface area contributed by atoms with Crippen LogP contribution in [0.4, 0.5) is 5.82 Å². The molecule has 8 nitrogen and oxygen atoms in total. The van der Waals surface area contributed by atoms with E-state index in [9.17, 15) is 4.79 Å². The number of imidazole rings is 1. The number of para-hydroxylation sites is 2. The van der Waals surface area contributed by atoms with Crippen molar-refractivity contribution in [1.82, 2.24) is 29.7 Å². The van der Waals surface area contributed by atoms with Gasteiger partial charge in [-0.1, -0.05) is 24.3 Å². The number of hydrogen-bond acceptors (Lipinski definition) is 6. The molecule has 0 spiro atoms. The molecule has 0 atom stereocenters. The van der Waals surface area contributed by atoms with Gasteiger partial charge >= 0.3 is 0 Å². The summed E-state index contributed by atoms with van der Waals surface area (Å²) in [6.07, 6.45) is 1.54. The van der Waals surface area contributed by atoms with Crippen molar-refractivity contribution < 1.29 is 4.79 Å². The molecule has 2 aromatic carbocycles. The largest absolute Gasteiger partial charge is 0.363 e. The highest BCUT2D eigenvalue weighted by atomic mass is 16.2. The Morgan fingerprint density at radius 1 is 1.03 bits per heavy atom.